The average Bonchev–Trinajstić information content (AvgIpc) is 2.34. The Hall–Kier alpha value is -1.39. The highest BCUT2D eigenvalue weighted by Crippen LogP contribution is 2.28. The van der Waals surface area contributed by atoms with Gasteiger partial charge in [-0.2, -0.15) is 0 Å². The maximum Gasteiger partial charge on any atom is 0.175 e. The van der Waals surface area contributed by atoms with E-state index in [0.29, 0.717) is 19.0 Å². The number of nitrogens with zero attached hydrogens (tertiary/aromatic N) is 1. The summed E-state index contributed by atoms with van der Waals surface area (Å²) in [7, 11) is 0. The third-order valence-corrected chi connectivity index (χ3v) is 2.70. The average molecular weight is 234 g/mol. The Labute approximate surface area is 102 Å². The van der Waals surface area contributed by atoms with Crippen molar-refractivity contribution in [3.63, 3.8) is 0 Å². The van der Waals surface area contributed by atoms with Crippen molar-refractivity contribution in [2.24, 2.45) is 0 Å². The van der Waals surface area contributed by atoms with Crippen molar-refractivity contribution in [1.82, 2.24) is 5.06 Å². The number of amidine groups is 1. The molecule has 0 aromatic heterocycles. The van der Waals surface area contributed by atoms with Crippen LogP contribution in [0, 0.1) is 5.41 Å². The molecule has 1 atom stereocenters. The van der Waals surface area contributed by atoms with Crippen LogP contribution in [-0.4, -0.2) is 30.3 Å². The second-order valence-corrected chi connectivity index (χ2v) is 3.82. The number of rotatable bonds is 4. The molecule has 2 rings (SSSR count). The maximum absolute atomic E-state index is 8.16. The molecule has 1 aliphatic heterocycles. The summed E-state index contributed by atoms with van der Waals surface area (Å²) in [4.78, 5) is 5.48. The van der Waals surface area contributed by atoms with Gasteiger partial charge in [-0.1, -0.05) is 18.2 Å². The van der Waals surface area contributed by atoms with Crippen LogP contribution >= 0.6 is 0 Å². The third kappa shape index (κ3) is 2.33. The number of hydrogen-bond acceptors (Lipinski definition) is 3. The van der Waals surface area contributed by atoms with E-state index in [4.69, 9.17) is 15.0 Å². The summed E-state index contributed by atoms with van der Waals surface area (Å²) in [6.07, 6.45) is 8.73. The fraction of sp³-hybridized carbons (Fsp3) is 0.462. The molecule has 0 aromatic carbocycles. The molecule has 4 nitrogen and oxygen atoms in total. The smallest absolute Gasteiger partial charge is 0.175 e. The molecule has 0 aromatic rings. The Morgan fingerprint density at radius 3 is 2.94 bits per heavy atom. The van der Waals surface area contributed by atoms with E-state index in [1.807, 2.05) is 32.1 Å². The molecular formula is C13H18N2O2. The molecule has 1 N–H and O–H groups in total. The van der Waals surface area contributed by atoms with Gasteiger partial charge in [-0.3, -0.25) is 10.2 Å². The highest BCUT2D eigenvalue weighted by atomic mass is 16.7. The van der Waals surface area contributed by atoms with Crippen LogP contribution in [0.4, 0.5) is 0 Å². The Morgan fingerprint density at radius 2 is 2.24 bits per heavy atom. The summed E-state index contributed by atoms with van der Waals surface area (Å²) in [6, 6.07) is 0. The van der Waals surface area contributed by atoms with Crippen molar-refractivity contribution >= 4 is 5.84 Å². The van der Waals surface area contributed by atoms with Crippen LogP contribution in [0.1, 0.15) is 20.3 Å². The molecule has 0 fully saturated rings. The lowest BCUT2D eigenvalue weighted by Gasteiger charge is -2.35. The van der Waals surface area contributed by atoms with Gasteiger partial charge in [-0.25, -0.2) is 5.06 Å². The number of fused-ring (bicyclic) bond motifs is 1. The lowest BCUT2D eigenvalue weighted by atomic mass is 9.95. The van der Waals surface area contributed by atoms with Gasteiger partial charge >= 0.3 is 0 Å². The standard InChI is InChI=1S/C13H18N2O2/c1-3-16-12-9-10-7-5-6-8-11(10)13(14)15(12)17-4-2/h5,7-9,12,14H,3-4,6H2,1-2H3. The van der Waals surface area contributed by atoms with E-state index in [0.717, 1.165) is 17.6 Å². The van der Waals surface area contributed by atoms with E-state index >= 15 is 0 Å². The normalized spacial score (nSPS) is 23.3. The van der Waals surface area contributed by atoms with Crippen LogP contribution in [-0.2, 0) is 9.57 Å². The number of hydrogen-bond donors (Lipinski definition) is 1. The Morgan fingerprint density at radius 1 is 1.41 bits per heavy atom. The van der Waals surface area contributed by atoms with Gasteiger partial charge in [0.25, 0.3) is 0 Å². The molecule has 0 spiro atoms. The van der Waals surface area contributed by atoms with Crippen LogP contribution < -0.4 is 0 Å². The van der Waals surface area contributed by atoms with E-state index in [1.165, 1.54) is 5.06 Å². The molecule has 1 aliphatic carbocycles. The molecule has 17 heavy (non-hydrogen) atoms. The van der Waals surface area contributed by atoms with Gasteiger partial charge in [0.15, 0.2) is 12.1 Å². The van der Waals surface area contributed by atoms with Crippen molar-refractivity contribution in [2.75, 3.05) is 13.2 Å². The van der Waals surface area contributed by atoms with E-state index in [2.05, 4.69) is 6.08 Å². The van der Waals surface area contributed by atoms with E-state index in [9.17, 15) is 0 Å². The molecule has 0 radical (unpaired) electrons. The first-order valence-electron chi connectivity index (χ1n) is 5.99. The number of ether oxygens (including phenoxy) is 1. The lowest BCUT2D eigenvalue weighted by molar-refractivity contribution is -0.184. The third-order valence-electron chi connectivity index (χ3n) is 2.70. The summed E-state index contributed by atoms with van der Waals surface area (Å²) in [6.45, 7) is 4.96. The Bertz CT molecular complexity index is 396. The molecule has 0 bridgehead atoms. The fourth-order valence-corrected chi connectivity index (χ4v) is 2.00. The van der Waals surface area contributed by atoms with Crippen molar-refractivity contribution in [2.45, 2.75) is 26.5 Å². The monoisotopic (exact) mass is 234 g/mol. The Balaban J connectivity index is 2.30. The van der Waals surface area contributed by atoms with Crippen molar-refractivity contribution < 1.29 is 9.57 Å². The maximum atomic E-state index is 8.16. The summed E-state index contributed by atoms with van der Waals surface area (Å²) in [5, 5.41) is 9.70. The lowest BCUT2D eigenvalue weighted by Crippen LogP contribution is -2.44. The van der Waals surface area contributed by atoms with Gasteiger partial charge in [-0.05, 0) is 31.9 Å². The molecule has 0 saturated heterocycles. The zero-order valence-electron chi connectivity index (χ0n) is 10.3. The first kappa shape index (κ1) is 12.1. The summed E-state index contributed by atoms with van der Waals surface area (Å²) in [5.74, 6) is 0.382. The zero-order valence-corrected chi connectivity index (χ0v) is 10.3. The molecule has 0 amide bonds. The summed E-state index contributed by atoms with van der Waals surface area (Å²) >= 11 is 0. The van der Waals surface area contributed by atoms with Crippen LogP contribution in [0.5, 0.6) is 0 Å². The number of allylic oxidation sites excluding steroid dienone is 3. The summed E-state index contributed by atoms with van der Waals surface area (Å²) in [5.41, 5.74) is 1.98. The molecule has 4 heteroatoms. The van der Waals surface area contributed by atoms with Crippen LogP contribution in [0.15, 0.2) is 35.5 Å². The molecular weight excluding hydrogens is 216 g/mol. The summed E-state index contributed by atoms with van der Waals surface area (Å²) < 4.78 is 5.59. The molecule has 0 saturated carbocycles. The molecule has 1 unspecified atom stereocenters. The quantitative estimate of drug-likeness (QED) is 0.812. The fourth-order valence-electron chi connectivity index (χ4n) is 2.00. The first-order chi connectivity index (χ1) is 8.27. The highest BCUT2D eigenvalue weighted by molar-refractivity contribution is 6.01. The number of nitrogens with one attached hydrogen (secondary N) is 1. The second-order valence-electron chi connectivity index (χ2n) is 3.82. The van der Waals surface area contributed by atoms with Crippen molar-refractivity contribution in [1.29, 1.82) is 5.41 Å². The van der Waals surface area contributed by atoms with Crippen LogP contribution in [0.2, 0.25) is 0 Å². The minimum atomic E-state index is -0.303. The van der Waals surface area contributed by atoms with Crippen molar-refractivity contribution in [3.05, 3.63) is 35.5 Å². The minimum absolute atomic E-state index is 0.303. The van der Waals surface area contributed by atoms with E-state index in [1.54, 1.807) is 0 Å². The van der Waals surface area contributed by atoms with Gasteiger partial charge in [0.2, 0.25) is 0 Å². The van der Waals surface area contributed by atoms with E-state index in [-0.39, 0.29) is 6.23 Å². The molecule has 92 valence electrons. The SMILES string of the molecule is CCOC1C=C2C=CCC=C2C(=N)N1OCC. The van der Waals surface area contributed by atoms with Gasteiger partial charge in [-0.15, -0.1) is 0 Å². The van der Waals surface area contributed by atoms with Gasteiger partial charge < -0.3 is 4.74 Å². The van der Waals surface area contributed by atoms with Crippen LogP contribution in [0.25, 0.3) is 0 Å². The largest absolute Gasteiger partial charge is 0.353 e. The minimum Gasteiger partial charge on any atom is -0.353 e. The Kier molecular flexibility index (Phi) is 3.76. The molecule has 2 aliphatic rings. The van der Waals surface area contributed by atoms with Crippen LogP contribution in [0.3, 0.4) is 0 Å². The first-order valence-corrected chi connectivity index (χ1v) is 5.99. The predicted molar refractivity (Wildman–Crippen MR) is 66.5 cm³/mol. The van der Waals surface area contributed by atoms with E-state index < -0.39 is 0 Å². The van der Waals surface area contributed by atoms with Crippen molar-refractivity contribution in [3.8, 4) is 0 Å². The zero-order chi connectivity index (χ0) is 12.3. The van der Waals surface area contributed by atoms with Gasteiger partial charge in [0, 0.05) is 12.2 Å². The predicted octanol–water partition coefficient (Wildman–Crippen LogP) is 2.41. The number of hydroxylamine groups is 2. The van der Waals surface area contributed by atoms with Gasteiger partial charge in [0.05, 0.1) is 6.61 Å². The van der Waals surface area contributed by atoms with Gasteiger partial charge in [0.1, 0.15) is 0 Å². The highest BCUT2D eigenvalue weighted by Gasteiger charge is 2.30. The molecule has 1 heterocycles. The topological polar surface area (TPSA) is 45.5 Å². The second kappa shape index (κ2) is 5.29.